The molecule has 0 atom stereocenters. The van der Waals surface area contributed by atoms with Crippen LogP contribution in [0.15, 0.2) is 53.1 Å². The van der Waals surface area contributed by atoms with Crippen molar-refractivity contribution in [3.05, 3.63) is 69.1 Å². The predicted molar refractivity (Wildman–Crippen MR) is 111 cm³/mol. The molecule has 0 saturated heterocycles. The Balaban J connectivity index is 1.63. The van der Waals surface area contributed by atoms with Crippen molar-refractivity contribution in [1.82, 2.24) is 4.98 Å². The number of amides is 1. The van der Waals surface area contributed by atoms with E-state index in [4.69, 9.17) is 9.47 Å². The second-order valence-electron chi connectivity index (χ2n) is 5.84. The SMILES string of the molecule is COc1ccc(OC)c(CC(=O)Nc2ncc(Cc3ccc(Br)cc3)s2)c1. The summed E-state index contributed by atoms with van der Waals surface area (Å²) in [6, 6.07) is 13.6. The minimum absolute atomic E-state index is 0.147. The normalized spacial score (nSPS) is 10.5. The molecule has 0 unspecified atom stereocenters. The Hall–Kier alpha value is -2.38. The Bertz CT molecular complexity index is 925. The van der Waals surface area contributed by atoms with E-state index < -0.39 is 0 Å². The fourth-order valence-corrected chi connectivity index (χ4v) is 3.73. The minimum atomic E-state index is -0.147. The standard InChI is InChI=1S/C20H19BrN2O3S/c1-25-16-7-8-18(26-2)14(10-16)11-19(24)23-20-22-12-17(27-20)9-13-3-5-15(21)6-4-13/h3-8,10,12H,9,11H2,1-2H3,(H,22,23,24). The Labute approximate surface area is 170 Å². The van der Waals surface area contributed by atoms with E-state index in [0.717, 1.165) is 21.3 Å². The molecule has 0 bridgehead atoms. The van der Waals surface area contributed by atoms with E-state index in [2.05, 4.69) is 38.4 Å². The van der Waals surface area contributed by atoms with Crippen molar-refractivity contribution < 1.29 is 14.3 Å². The summed E-state index contributed by atoms with van der Waals surface area (Å²) in [4.78, 5) is 17.8. The molecule has 0 saturated carbocycles. The van der Waals surface area contributed by atoms with Gasteiger partial charge in [-0.2, -0.15) is 0 Å². The van der Waals surface area contributed by atoms with Crippen LogP contribution in [0, 0.1) is 0 Å². The van der Waals surface area contributed by atoms with Crippen LogP contribution in [-0.4, -0.2) is 25.1 Å². The molecule has 0 radical (unpaired) electrons. The molecule has 5 nitrogen and oxygen atoms in total. The topological polar surface area (TPSA) is 60.5 Å². The van der Waals surface area contributed by atoms with Gasteiger partial charge in [-0.25, -0.2) is 4.98 Å². The van der Waals surface area contributed by atoms with Crippen LogP contribution in [0.4, 0.5) is 5.13 Å². The molecular weight excluding hydrogens is 428 g/mol. The lowest BCUT2D eigenvalue weighted by Crippen LogP contribution is -2.14. The Morgan fingerprint density at radius 1 is 1.15 bits per heavy atom. The fourth-order valence-electron chi connectivity index (χ4n) is 2.61. The molecule has 27 heavy (non-hydrogen) atoms. The summed E-state index contributed by atoms with van der Waals surface area (Å²) in [5.41, 5.74) is 1.96. The van der Waals surface area contributed by atoms with E-state index in [9.17, 15) is 4.79 Å². The second kappa shape index (κ2) is 9.01. The summed E-state index contributed by atoms with van der Waals surface area (Å²) >= 11 is 4.91. The molecule has 1 N–H and O–H groups in total. The molecule has 0 spiro atoms. The monoisotopic (exact) mass is 446 g/mol. The van der Waals surface area contributed by atoms with Crippen molar-refractivity contribution in [3.63, 3.8) is 0 Å². The third-order valence-electron chi connectivity index (χ3n) is 3.93. The average Bonchev–Trinajstić information content (AvgIpc) is 3.10. The van der Waals surface area contributed by atoms with Gasteiger partial charge in [0.05, 0.1) is 20.6 Å². The van der Waals surface area contributed by atoms with Crippen LogP contribution in [0.3, 0.4) is 0 Å². The van der Waals surface area contributed by atoms with Gasteiger partial charge < -0.3 is 14.8 Å². The maximum absolute atomic E-state index is 12.4. The first kappa shape index (κ1) is 19.4. The van der Waals surface area contributed by atoms with Crippen LogP contribution in [0.2, 0.25) is 0 Å². The summed E-state index contributed by atoms with van der Waals surface area (Å²) in [5.74, 6) is 1.19. The van der Waals surface area contributed by atoms with Gasteiger partial charge in [0.15, 0.2) is 5.13 Å². The zero-order chi connectivity index (χ0) is 19.2. The predicted octanol–water partition coefficient (Wildman–Crippen LogP) is 4.69. The van der Waals surface area contributed by atoms with Crippen LogP contribution >= 0.6 is 27.3 Å². The van der Waals surface area contributed by atoms with Gasteiger partial charge in [-0.1, -0.05) is 28.1 Å². The third kappa shape index (κ3) is 5.30. The van der Waals surface area contributed by atoms with E-state index in [-0.39, 0.29) is 12.3 Å². The van der Waals surface area contributed by atoms with Crippen LogP contribution in [0.25, 0.3) is 0 Å². The van der Waals surface area contributed by atoms with E-state index >= 15 is 0 Å². The molecule has 3 aromatic rings. The van der Waals surface area contributed by atoms with Crippen molar-refractivity contribution >= 4 is 38.3 Å². The van der Waals surface area contributed by atoms with Crippen LogP contribution in [-0.2, 0) is 17.6 Å². The minimum Gasteiger partial charge on any atom is -0.497 e. The maximum atomic E-state index is 12.4. The summed E-state index contributed by atoms with van der Waals surface area (Å²) in [6.45, 7) is 0. The highest BCUT2D eigenvalue weighted by Crippen LogP contribution is 2.26. The first-order valence-electron chi connectivity index (χ1n) is 8.27. The molecule has 1 aromatic heterocycles. The van der Waals surface area contributed by atoms with Crippen LogP contribution in [0.5, 0.6) is 11.5 Å². The number of nitrogens with one attached hydrogen (secondary N) is 1. The lowest BCUT2D eigenvalue weighted by atomic mass is 10.1. The number of benzene rings is 2. The highest BCUT2D eigenvalue weighted by atomic mass is 79.9. The zero-order valence-corrected chi connectivity index (χ0v) is 17.4. The molecule has 2 aromatic carbocycles. The molecule has 1 amide bonds. The van der Waals surface area contributed by atoms with Gasteiger partial charge in [-0.3, -0.25) is 4.79 Å². The van der Waals surface area contributed by atoms with Gasteiger partial charge in [0.25, 0.3) is 0 Å². The number of rotatable bonds is 7. The number of methoxy groups -OCH3 is 2. The lowest BCUT2D eigenvalue weighted by Gasteiger charge is -2.10. The zero-order valence-electron chi connectivity index (χ0n) is 15.0. The van der Waals surface area contributed by atoms with E-state index in [1.165, 1.54) is 16.9 Å². The van der Waals surface area contributed by atoms with Gasteiger partial charge in [0.1, 0.15) is 11.5 Å². The molecule has 0 aliphatic heterocycles. The van der Waals surface area contributed by atoms with Crippen molar-refractivity contribution in [2.24, 2.45) is 0 Å². The molecule has 140 valence electrons. The number of anilines is 1. The number of halogens is 1. The molecule has 3 rings (SSSR count). The van der Waals surface area contributed by atoms with Gasteiger partial charge in [-0.15, -0.1) is 11.3 Å². The number of hydrogen-bond donors (Lipinski definition) is 1. The second-order valence-corrected chi connectivity index (χ2v) is 7.87. The summed E-state index contributed by atoms with van der Waals surface area (Å²) < 4.78 is 11.6. The van der Waals surface area contributed by atoms with Crippen molar-refractivity contribution in [2.75, 3.05) is 19.5 Å². The summed E-state index contributed by atoms with van der Waals surface area (Å²) in [6.07, 6.45) is 2.76. The number of ether oxygens (including phenoxy) is 2. The molecule has 1 heterocycles. The van der Waals surface area contributed by atoms with Gasteiger partial charge >= 0.3 is 0 Å². The molecule has 7 heteroatoms. The van der Waals surface area contributed by atoms with Crippen LogP contribution < -0.4 is 14.8 Å². The Morgan fingerprint density at radius 3 is 2.63 bits per heavy atom. The van der Waals surface area contributed by atoms with Gasteiger partial charge in [-0.05, 0) is 35.9 Å². The molecule has 0 aliphatic carbocycles. The smallest absolute Gasteiger partial charge is 0.230 e. The first-order chi connectivity index (χ1) is 13.1. The molecule has 0 aliphatic rings. The average molecular weight is 447 g/mol. The fraction of sp³-hybridized carbons (Fsp3) is 0.200. The number of thiazole rings is 1. The maximum Gasteiger partial charge on any atom is 0.230 e. The highest BCUT2D eigenvalue weighted by molar-refractivity contribution is 9.10. The number of carbonyl (C=O) groups is 1. The number of hydrogen-bond acceptors (Lipinski definition) is 5. The largest absolute Gasteiger partial charge is 0.497 e. The molecule has 0 fully saturated rings. The summed E-state index contributed by atoms with van der Waals surface area (Å²) in [7, 11) is 3.17. The van der Waals surface area contributed by atoms with Crippen molar-refractivity contribution in [3.8, 4) is 11.5 Å². The van der Waals surface area contributed by atoms with Gasteiger partial charge in [0.2, 0.25) is 5.91 Å². The van der Waals surface area contributed by atoms with Gasteiger partial charge in [0, 0.05) is 27.5 Å². The lowest BCUT2D eigenvalue weighted by molar-refractivity contribution is -0.115. The third-order valence-corrected chi connectivity index (χ3v) is 5.37. The van der Waals surface area contributed by atoms with E-state index in [0.29, 0.717) is 16.6 Å². The van der Waals surface area contributed by atoms with E-state index in [1.54, 1.807) is 38.6 Å². The number of nitrogens with zero attached hydrogens (tertiary/aromatic N) is 1. The number of aromatic nitrogens is 1. The van der Waals surface area contributed by atoms with Crippen LogP contribution in [0.1, 0.15) is 16.0 Å². The Kier molecular flexibility index (Phi) is 6.47. The molecular formula is C20H19BrN2O3S. The van der Waals surface area contributed by atoms with Crippen molar-refractivity contribution in [1.29, 1.82) is 0 Å². The quantitative estimate of drug-likeness (QED) is 0.571. The number of carbonyl (C=O) groups excluding carboxylic acids is 1. The van der Waals surface area contributed by atoms with Crippen molar-refractivity contribution in [2.45, 2.75) is 12.8 Å². The van der Waals surface area contributed by atoms with E-state index in [1.807, 2.05) is 12.1 Å². The summed E-state index contributed by atoms with van der Waals surface area (Å²) in [5, 5.41) is 3.45. The highest BCUT2D eigenvalue weighted by Gasteiger charge is 2.12. The first-order valence-corrected chi connectivity index (χ1v) is 9.88. The Morgan fingerprint density at radius 2 is 1.93 bits per heavy atom.